The smallest absolute Gasteiger partial charge is 0.328 e. The molecule has 2 rings (SSSR count). The minimum atomic E-state index is -1.36. The van der Waals surface area contributed by atoms with Crippen molar-refractivity contribution in [3.8, 4) is 12.3 Å². The third-order valence-corrected chi connectivity index (χ3v) is 3.74. The lowest BCUT2D eigenvalue weighted by atomic mass is 9.92. The molecule has 1 fully saturated rings. The number of rotatable bonds is 3. The first-order chi connectivity index (χ1) is 10.0. The van der Waals surface area contributed by atoms with Crippen molar-refractivity contribution in [3.63, 3.8) is 0 Å². The Kier molecular flexibility index (Phi) is 4.32. The molecule has 0 aliphatic carbocycles. The van der Waals surface area contributed by atoms with Crippen LogP contribution in [0, 0.1) is 12.3 Å². The van der Waals surface area contributed by atoms with E-state index in [0.29, 0.717) is 12.8 Å². The number of carbonyl (C=O) groups excluding carboxylic acids is 3. The Bertz CT molecular complexity index is 533. The van der Waals surface area contributed by atoms with Gasteiger partial charge in [0.05, 0.1) is 13.5 Å². The summed E-state index contributed by atoms with van der Waals surface area (Å²) in [5.41, 5.74) is -1.36. The van der Waals surface area contributed by atoms with Crippen molar-refractivity contribution in [2.75, 3.05) is 7.11 Å². The van der Waals surface area contributed by atoms with Gasteiger partial charge in [0.15, 0.2) is 0 Å². The molecule has 0 aromatic heterocycles. The van der Waals surface area contributed by atoms with Gasteiger partial charge in [-0.15, -0.1) is 12.3 Å². The number of hydrogen-bond acceptors (Lipinski definition) is 5. The van der Waals surface area contributed by atoms with E-state index in [1.807, 2.05) is 0 Å². The summed E-state index contributed by atoms with van der Waals surface area (Å²) >= 11 is 0. The lowest BCUT2D eigenvalue weighted by Crippen LogP contribution is -2.53. The first kappa shape index (κ1) is 15.1. The Morgan fingerprint density at radius 2 is 2.38 bits per heavy atom. The minimum Gasteiger partial charge on any atom is -0.467 e. The van der Waals surface area contributed by atoms with Crippen molar-refractivity contribution < 1.29 is 23.9 Å². The van der Waals surface area contributed by atoms with Crippen LogP contribution in [0.4, 0.5) is 0 Å². The molecule has 1 saturated heterocycles. The third-order valence-electron chi connectivity index (χ3n) is 3.74. The van der Waals surface area contributed by atoms with Gasteiger partial charge in [-0.05, 0) is 12.8 Å². The van der Waals surface area contributed by atoms with Crippen LogP contribution < -0.4 is 0 Å². The first-order valence-electron chi connectivity index (χ1n) is 6.76. The molecule has 21 heavy (non-hydrogen) atoms. The van der Waals surface area contributed by atoms with E-state index in [-0.39, 0.29) is 19.3 Å². The lowest BCUT2D eigenvalue weighted by Gasteiger charge is -2.35. The van der Waals surface area contributed by atoms with Gasteiger partial charge < -0.3 is 14.4 Å². The van der Waals surface area contributed by atoms with Gasteiger partial charge in [0.25, 0.3) is 5.91 Å². The summed E-state index contributed by atoms with van der Waals surface area (Å²) in [7, 11) is 1.27. The number of ether oxygens (including phenoxy) is 2. The van der Waals surface area contributed by atoms with Gasteiger partial charge in [0.1, 0.15) is 6.04 Å². The molecule has 2 unspecified atom stereocenters. The molecule has 0 aromatic rings. The molecule has 0 saturated carbocycles. The van der Waals surface area contributed by atoms with Gasteiger partial charge in [0, 0.05) is 19.0 Å². The fourth-order valence-electron chi connectivity index (χ4n) is 2.64. The summed E-state index contributed by atoms with van der Waals surface area (Å²) < 4.78 is 9.94. The summed E-state index contributed by atoms with van der Waals surface area (Å²) in [4.78, 5) is 37.3. The summed E-state index contributed by atoms with van der Waals surface area (Å²) in [6, 6.07) is -0.707. The average Bonchev–Trinajstić information content (AvgIpc) is 2.88. The molecule has 112 valence electrons. The summed E-state index contributed by atoms with van der Waals surface area (Å²) in [6.45, 7) is 0. The van der Waals surface area contributed by atoms with Crippen LogP contribution in [-0.2, 0) is 23.9 Å². The molecule has 1 amide bonds. The molecule has 2 aliphatic rings. The molecule has 0 N–H and O–H groups in total. The molecule has 6 nitrogen and oxygen atoms in total. The van der Waals surface area contributed by atoms with Gasteiger partial charge in [0.2, 0.25) is 5.60 Å². The number of cyclic esters (lactones) is 1. The van der Waals surface area contributed by atoms with Crippen molar-refractivity contribution in [1.82, 2.24) is 4.90 Å². The van der Waals surface area contributed by atoms with E-state index in [2.05, 4.69) is 5.92 Å². The number of methoxy groups -OCH3 is 1. The number of nitrogens with zero attached hydrogens (tertiary/aromatic N) is 1. The highest BCUT2D eigenvalue weighted by atomic mass is 16.6. The zero-order valence-electron chi connectivity index (χ0n) is 11.8. The predicted octanol–water partition coefficient (Wildman–Crippen LogP) is 0.763. The van der Waals surface area contributed by atoms with Gasteiger partial charge >= 0.3 is 11.9 Å². The summed E-state index contributed by atoms with van der Waals surface area (Å²) in [6.07, 6.45) is 10.1. The number of terminal acetylenes is 1. The maximum atomic E-state index is 12.8. The standard InChI is InChI=1S/C15H17NO5/c1-3-8-15(9-7-12(17)21-15)14(19)16-10-5-4-6-11(16)13(18)20-2/h1,5,10-11H,4,6-9H2,2H3. The normalized spacial score (nSPS) is 27.9. The second-order valence-corrected chi connectivity index (χ2v) is 5.06. The van der Waals surface area contributed by atoms with E-state index in [1.54, 1.807) is 6.08 Å². The zero-order chi connectivity index (χ0) is 15.5. The average molecular weight is 291 g/mol. The Morgan fingerprint density at radius 1 is 1.62 bits per heavy atom. The molecule has 0 aromatic carbocycles. The summed E-state index contributed by atoms with van der Waals surface area (Å²) in [5, 5.41) is 0. The van der Waals surface area contributed by atoms with Crippen molar-refractivity contribution >= 4 is 17.8 Å². The Hall–Kier alpha value is -2.29. The largest absolute Gasteiger partial charge is 0.467 e. The quantitative estimate of drug-likeness (QED) is 0.567. The van der Waals surface area contributed by atoms with E-state index in [0.717, 1.165) is 0 Å². The molecule has 2 aliphatic heterocycles. The maximum Gasteiger partial charge on any atom is 0.328 e. The minimum absolute atomic E-state index is 0.00416. The molecule has 2 heterocycles. The maximum absolute atomic E-state index is 12.8. The first-order valence-corrected chi connectivity index (χ1v) is 6.76. The number of allylic oxidation sites excluding steroid dienone is 1. The van der Waals surface area contributed by atoms with Crippen LogP contribution in [-0.4, -0.2) is 41.5 Å². The summed E-state index contributed by atoms with van der Waals surface area (Å²) in [5.74, 6) is 0.981. The molecule has 0 spiro atoms. The van der Waals surface area contributed by atoms with E-state index in [9.17, 15) is 14.4 Å². The Morgan fingerprint density at radius 3 is 2.95 bits per heavy atom. The molecule has 2 atom stereocenters. The van der Waals surface area contributed by atoms with Crippen LogP contribution in [0.3, 0.4) is 0 Å². The second-order valence-electron chi connectivity index (χ2n) is 5.06. The van der Waals surface area contributed by atoms with E-state index in [1.165, 1.54) is 18.2 Å². The van der Waals surface area contributed by atoms with Crippen LogP contribution >= 0.6 is 0 Å². The Labute approximate surface area is 123 Å². The van der Waals surface area contributed by atoms with Crippen molar-refractivity contribution in [2.45, 2.75) is 43.7 Å². The molecule has 0 radical (unpaired) electrons. The third kappa shape index (κ3) is 2.77. The predicted molar refractivity (Wildman–Crippen MR) is 72.5 cm³/mol. The molecular formula is C15H17NO5. The highest BCUT2D eigenvalue weighted by molar-refractivity contribution is 5.94. The molecular weight excluding hydrogens is 274 g/mol. The van der Waals surface area contributed by atoms with Crippen molar-refractivity contribution in [1.29, 1.82) is 0 Å². The fraction of sp³-hybridized carbons (Fsp3) is 0.533. The number of esters is 2. The number of hydrogen-bond donors (Lipinski definition) is 0. The van der Waals surface area contributed by atoms with Crippen molar-refractivity contribution in [2.24, 2.45) is 0 Å². The highest BCUT2D eigenvalue weighted by Gasteiger charge is 2.50. The zero-order valence-corrected chi connectivity index (χ0v) is 11.8. The van der Waals surface area contributed by atoms with Gasteiger partial charge in [-0.2, -0.15) is 0 Å². The van der Waals surface area contributed by atoms with E-state index < -0.39 is 29.5 Å². The molecule has 6 heteroatoms. The Balaban J connectivity index is 2.29. The fourth-order valence-corrected chi connectivity index (χ4v) is 2.64. The van der Waals surface area contributed by atoms with Crippen LogP contribution in [0.15, 0.2) is 12.3 Å². The van der Waals surface area contributed by atoms with Crippen LogP contribution in [0.1, 0.15) is 32.1 Å². The van der Waals surface area contributed by atoms with E-state index in [4.69, 9.17) is 15.9 Å². The number of carbonyl (C=O) groups is 3. The lowest BCUT2D eigenvalue weighted by molar-refractivity contribution is -0.167. The van der Waals surface area contributed by atoms with E-state index >= 15 is 0 Å². The highest BCUT2D eigenvalue weighted by Crippen LogP contribution is 2.34. The van der Waals surface area contributed by atoms with Gasteiger partial charge in [-0.1, -0.05) is 6.08 Å². The second kappa shape index (κ2) is 6.00. The number of amides is 1. The SMILES string of the molecule is C#CCC1(C(=O)N2C=CCCC2C(=O)OC)CCC(=O)O1. The van der Waals surface area contributed by atoms with Crippen LogP contribution in [0.25, 0.3) is 0 Å². The van der Waals surface area contributed by atoms with Crippen LogP contribution in [0.2, 0.25) is 0 Å². The monoisotopic (exact) mass is 291 g/mol. The van der Waals surface area contributed by atoms with Gasteiger partial charge in [-0.25, -0.2) is 4.79 Å². The topological polar surface area (TPSA) is 72.9 Å². The molecule has 0 bridgehead atoms. The van der Waals surface area contributed by atoms with Crippen LogP contribution in [0.5, 0.6) is 0 Å². The van der Waals surface area contributed by atoms with Crippen molar-refractivity contribution in [3.05, 3.63) is 12.3 Å². The van der Waals surface area contributed by atoms with Gasteiger partial charge in [-0.3, -0.25) is 9.59 Å².